The van der Waals surface area contributed by atoms with E-state index in [1.54, 1.807) is 0 Å². The van der Waals surface area contributed by atoms with E-state index < -0.39 is 5.97 Å². The topological polar surface area (TPSA) is 37.3 Å². The van der Waals surface area contributed by atoms with Crippen LogP contribution in [0.5, 0.6) is 0 Å². The van der Waals surface area contributed by atoms with Gasteiger partial charge in [-0.2, -0.15) is 0 Å². The van der Waals surface area contributed by atoms with Crippen molar-refractivity contribution in [3.05, 3.63) is 11.6 Å². The molecule has 0 aliphatic rings. The van der Waals surface area contributed by atoms with E-state index in [0.29, 0.717) is 0 Å². The van der Waals surface area contributed by atoms with Crippen molar-refractivity contribution in [1.29, 1.82) is 0 Å². The number of carboxylic acid groups (broad SMARTS) is 1. The highest BCUT2D eigenvalue weighted by atomic mass is 79.9. The largest absolute Gasteiger partial charge is 0.478 e. The van der Waals surface area contributed by atoms with E-state index in [0.717, 1.165) is 18.4 Å². The predicted octanol–water partition coefficient (Wildman–Crippen LogP) is 2.58. The van der Waals surface area contributed by atoms with Crippen LogP contribution in [-0.2, 0) is 4.79 Å². The van der Waals surface area contributed by atoms with Crippen molar-refractivity contribution in [3.8, 4) is 0 Å². The maximum Gasteiger partial charge on any atom is 0.328 e. The Morgan fingerprint density at radius 1 is 1.73 bits per heavy atom. The predicted molar refractivity (Wildman–Crippen MR) is 49.0 cm³/mol. The van der Waals surface area contributed by atoms with E-state index in [2.05, 4.69) is 22.9 Å². The molecule has 0 saturated heterocycles. The van der Waals surface area contributed by atoms with Crippen LogP contribution in [0.3, 0.4) is 0 Å². The van der Waals surface area contributed by atoms with Crippen LogP contribution in [0, 0.1) is 0 Å². The Balaban J connectivity index is 4.00. The smallest absolute Gasteiger partial charge is 0.328 e. The molecule has 0 aromatic heterocycles. The Bertz CT molecular complexity index is 163. The number of carbonyl (C=O) groups is 1. The second kappa shape index (κ2) is 5.35. The molecule has 1 N–H and O–H groups in total. The van der Waals surface area contributed by atoms with Crippen molar-refractivity contribution in [2.45, 2.75) is 31.5 Å². The number of hydrogen-bond acceptors (Lipinski definition) is 1. The molecule has 1 atom stereocenters. The van der Waals surface area contributed by atoms with Gasteiger partial charge in [-0.3, -0.25) is 0 Å². The number of allylic oxidation sites excluding steroid dienone is 1. The zero-order valence-electron chi connectivity index (χ0n) is 6.80. The fraction of sp³-hybridized carbons (Fsp3) is 0.625. The molecule has 0 aromatic carbocycles. The second-order valence-corrected chi connectivity index (χ2v) is 3.59. The molecule has 0 radical (unpaired) electrons. The number of alkyl halides is 1. The molecule has 11 heavy (non-hydrogen) atoms. The van der Waals surface area contributed by atoms with Gasteiger partial charge in [0.25, 0.3) is 0 Å². The molecule has 0 spiro atoms. The summed E-state index contributed by atoms with van der Waals surface area (Å²) in [5.74, 6) is -0.872. The van der Waals surface area contributed by atoms with Crippen LogP contribution in [0.2, 0.25) is 0 Å². The Kier molecular flexibility index (Phi) is 5.20. The lowest BCUT2D eigenvalue weighted by molar-refractivity contribution is -0.131. The van der Waals surface area contributed by atoms with Gasteiger partial charge in [0.1, 0.15) is 0 Å². The molecule has 2 nitrogen and oxygen atoms in total. The fourth-order valence-electron chi connectivity index (χ4n) is 0.766. The summed E-state index contributed by atoms with van der Waals surface area (Å²) in [6.07, 6.45) is 3.28. The molecule has 0 heterocycles. The van der Waals surface area contributed by atoms with Crippen LogP contribution < -0.4 is 0 Å². The fourth-order valence-corrected chi connectivity index (χ4v) is 1.36. The number of aliphatic carboxylic acids is 1. The van der Waals surface area contributed by atoms with Crippen LogP contribution >= 0.6 is 15.9 Å². The van der Waals surface area contributed by atoms with Gasteiger partial charge < -0.3 is 5.11 Å². The zero-order chi connectivity index (χ0) is 8.85. The maximum absolute atomic E-state index is 10.2. The molecular weight excluding hydrogens is 208 g/mol. The first kappa shape index (κ1) is 10.7. The summed E-state index contributed by atoms with van der Waals surface area (Å²) >= 11 is 3.40. The highest BCUT2D eigenvalue weighted by Gasteiger charge is 2.05. The molecule has 0 rings (SSSR count). The minimum Gasteiger partial charge on any atom is -0.478 e. The summed E-state index contributed by atoms with van der Waals surface area (Å²) in [7, 11) is 0. The molecule has 64 valence electrons. The molecule has 0 fully saturated rings. The first-order valence-electron chi connectivity index (χ1n) is 3.63. The van der Waals surface area contributed by atoms with Crippen LogP contribution in [-0.4, -0.2) is 15.9 Å². The highest BCUT2D eigenvalue weighted by Crippen LogP contribution is 2.16. The minimum absolute atomic E-state index is 0.212. The summed E-state index contributed by atoms with van der Waals surface area (Å²) in [6, 6.07) is 0. The molecule has 0 bridgehead atoms. The number of hydrogen-bond donors (Lipinski definition) is 1. The van der Waals surface area contributed by atoms with E-state index >= 15 is 0 Å². The van der Waals surface area contributed by atoms with Gasteiger partial charge in [0.2, 0.25) is 0 Å². The van der Waals surface area contributed by atoms with Gasteiger partial charge in [-0.1, -0.05) is 34.8 Å². The van der Waals surface area contributed by atoms with Gasteiger partial charge >= 0.3 is 5.97 Å². The van der Waals surface area contributed by atoms with Crippen LogP contribution in [0.25, 0.3) is 0 Å². The Hall–Kier alpha value is -0.310. The van der Waals surface area contributed by atoms with E-state index in [1.165, 1.54) is 6.08 Å². The number of carboxylic acids is 1. The number of halogens is 1. The molecule has 1 unspecified atom stereocenters. The summed E-state index contributed by atoms with van der Waals surface area (Å²) in [5.41, 5.74) is 0.874. The highest BCUT2D eigenvalue weighted by molar-refractivity contribution is 9.09. The van der Waals surface area contributed by atoms with Gasteiger partial charge in [0.05, 0.1) is 0 Å². The SMILES string of the molecule is CCCC(Br)C(C)=CC(=O)O. The first-order valence-corrected chi connectivity index (χ1v) is 4.54. The average molecular weight is 221 g/mol. The molecule has 0 aliphatic carbocycles. The Morgan fingerprint density at radius 3 is 2.64 bits per heavy atom. The standard InChI is InChI=1S/C8H13BrO2/c1-3-4-7(9)6(2)5-8(10)11/h5,7H,3-4H2,1-2H3,(H,10,11). The Morgan fingerprint density at radius 2 is 2.27 bits per heavy atom. The second-order valence-electron chi connectivity index (χ2n) is 2.48. The van der Waals surface area contributed by atoms with Gasteiger partial charge in [-0.25, -0.2) is 4.79 Å². The molecule has 0 saturated carbocycles. The van der Waals surface area contributed by atoms with Gasteiger partial charge in [0.15, 0.2) is 0 Å². The van der Waals surface area contributed by atoms with E-state index in [-0.39, 0.29) is 4.83 Å². The first-order chi connectivity index (χ1) is 5.07. The van der Waals surface area contributed by atoms with Crippen LogP contribution in [0.4, 0.5) is 0 Å². The van der Waals surface area contributed by atoms with Crippen molar-refractivity contribution in [3.63, 3.8) is 0 Å². The third-order valence-electron chi connectivity index (χ3n) is 1.39. The monoisotopic (exact) mass is 220 g/mol. The third-order valence-corrected chi connectivity index (χ3v) is 2.57. The van der Waals surface area contributed by atoms with E-state index in [4.69, 9.17) is 5.11 Å². The van der Waals surface area contributed by atoms with Gasteiger partial charge in [-0.05, 0) is 13.3 Å². The lowest BCUT2D eigenvalue weighted by Crippen LogP contribution is -2.01. The molecule has 0 amide bonds. The van der Waals surface area contributed by atoms with Crippen LogP contribution in [0.1, 0.15) is 26.7 Å². The van der Waals surface area contributed by atoms with Crippen molar-refractivity contribution < 1.29 is 9.90 Å². The maximum atomic E-state index is 10.2. The van der Waals surface area contributed by atoms with Crippen molar-refractivity contribution in [2.24, 2.45) is 0 Å². The van der Waals surface area contributed by atoms with Crippen LogP contribution in [0.15, 0.2) is 11.6 Å². The van der Waals surface area contributed by atoms with Crippen molar-refractivity contribution >= 4 is 21.9 Å². The summed E-state index contributed by atoms with van der Waals surface area (Å²) < 4.78 is 0. The van der Waals surface area contributed by atoms with Crippen molar-refractivity contribution in [2.75, 3.05) is 0 Å². The summed E-state index contributed by atoms with van der Waals surface area (Å²) in [4.78, 5) is 10.4. The molecule has 0 aromatic rings. The van der Waals surface area contributed by atoms with Crippen molar-refractivity contribution in [1.82, 2.24) is 0 Å². The zero-order valence-corrected chi connectivity index (χ0v) is 8.39. The summed E-state index contributed by atoms with van der Waals surface area (Å²) in [6.45, 7) is 3.89. The lowest BCUT2D eigenvalue weighted by Gasteiger charge is -2.06. The molecule has 3 heteroatoms. The van der Waals surface area contributed by atoms with Gasteiger partial charge in [0, 0.05) is 10.9 Å². The van der Waals surface area contributed by atoms with E-state index in [9.17, 15) is 4.79 Å². The minimum atomic E-state index is -0.872. The lowest BCUT2D eigenvalue weighted by atomic mass is 10.1. The normalized spacial score (nSPS) is 14.6. The van der Waals surface area contributed by atoms with E-state index in [1.807, 2.05) is 6.92 Å². The number of rotatable bonds is 4. The average Bonchev–Trinajstić information content (AvgIpc) is 1.86. The summed E-state index contributed by atoms with van der Waals surface area (Å²) in [5, 5.41) is 8.40. The third kappa shape index (κ3) is 5.01. The molecule has 0 aliphatic heterocycles. The quantitative estimate of drug-likeness (QED) is 0.585. The van der Waals surface area contributed by atoms with Gasteiger partial charge in [-0.15, -0.1) is 0 Å². The Labute approximate surface area is 75.4 Å². The molecular formula is C8H13BrO2.